The Morgan fingerprint density at radius 3 is 1.69 bits per heavy atom. The number of hydrogen-bond donors (Lipinski definition) is 0. The van der Waals surface area contributed by atoms with E-state index in [2.05, 4.69) is 13.8 Å². The molecule has 0 aliphatic heterocycles. The Bertz CT molecular complexity index is 664. The van der Waals surface area contributed by atoms with Crippen molar-refractivity contribution in [3.8, 4) is 0 Å². The van der Waals surface area contributed by atoms with Crippen molar-refractivity contribution in [3.05, 3.63) is 54.1 Å². The summed E-state index contributed by atoms with van der Waals surface area (Å²) < 4.78 is 42.5. The van der Waals surface area contributed by atoms with E-state index in [1.165, 1.54) is 44.6 Å². The maximum Gasteiger partial charge on any atom is 0.324 e. The lowest BCUT2D eigenvalue weighted by molar-refractivity contribution is -0.295. The highest BCUT2D eigenvalue weighted by Crippen LogP contribution is 2.42. The number of unbranched alkanes of at least 4 members (excludes halogenated alkanes) is 10. The normalized spacial score (nSPS) is 16.8. The first-order valence-corrected chi connectivity index (χ1v) is 12.7. The lowest BCUT2D eigenvalue weighted by Crippen LogP contribution is -2.51. The Morgan fingerprint density at radius 2 is 1.19 bits per heavy atom. The molecule has 0 amide bonds. The van der Waals surface area contributed by atoms with Gasteiger partial charge in [0, 0.05) is 0 Å². The van der Waals surface area contributed by atoms with Gasteiger partial charge >= 0.3 is 5.92 Å². The van der Waals surface area contributed by atoms with Crippen LogP contribution in [0.1, 0.15) is 96.5 Å². The molecule has 0 atom stereocenters. The Balaban J connectivity index is 1.98. The molecule has 1 aliphatic rings. The Labute approximate surface area is 194 Å². The number of hydrogen-bond acceptors (Lipinski definition) is 2. The fourth-order valence-electron chi connectivity index (χ4n) is 4.01. The number of rotatable bonds is 17. The predicted molar refractivity (Wildman–Crippen MR) is 130 cm³/mol. The van der Waals surface area contributed by atoms with Gasteiger partial charge < -0.3 is 9.47 Å². The van der Waals surface area contributed by atoms with Crippen LogP contribution in [0.5, 0.6) is 0 Å². The van der Waals surface area contributed by atoms with Gasteiger partial charge in [0.1, 0.15) is 0 Å². The van der Waals surface area contributed by atoms with Crippen LogP contribution in [0.25, 0.3) is 5.57 Å². The van der Waals surface area contributed by atoms with E-state index in [-0.39, 0.29) is 13.2 Å². The molecule has 1 aromatic rings. The summed E-state index contributed by atoms with van der Waals surface area (Å²) in [5.74, 6) is -5.25. The number of allylic oxidation sites excluding steroid dienone is 2. The quantitative estimate of drug-likeness (QED) is 0.175. The van der Waals surface area contributed by atoms with E-state index < -0.39 is 11.7 Å². The largest absolute Gasteiger partial charge is 0.341 e. The first-order chi connectivity index (χ1) is 15.5. The smallest absolute Gasteiger partial charge is 0.324 e. The zero-order valence-corrected chi connectivity index (χ0v) is 20.1. The molecule has 1 aliphatic carbocycles. The number of benzene rings is 1. The van der Waals surface area contributed by atoms with E-state index in [4.69, 9.17) is 9.47 Å². The van der Waals surface area contributed by atoms with Crippen molar-refractivity contribution < 1.29 is 18.3 Å². The monoisotopic (exact) mass is 448 g/mol. The van der Waals surface area contributed by atoms with Gasteiger partial charge in [0.2, 0.25) is 0 Å². The topological polar surface area (TPSA) is 18.5 Å². The molecule has 180 valence electrons. The van der Waals surface area contributed by atoms with Gasteiger partial charge in [-0.15, -0.1) is 0 Å². The zero-order valence-electron chi connectivity index (χ0n) is 20.1. The molecule has 2 nitrogen and oxygen atoms in total. The number of ether oxygens (including phenoxy) is 2. The van der Waals surface area contributed by atoms with Gasteiger partial charge in [0.25, 0.3) is 5.79 Å². The molecule has 4 heteroatoms. The number of halogens is 2. The average molecular weight is 449 g/mol. The molecule has 0 unspecified atom stereocenters. The van der Waals surface area contributed by atoms with Crippen molar-refractivity contribution in [1.82, 2.24) is 0 Å². The molecule has 0 heterocycles. The summed E-state index contributed by atoms with van der Waals surface area (Å²) in [5, 5.41) is 0. The fraction of sp³-hybridized carbons (Fsp3) is 0.643. The third kappa shape index (κ3) is 8.44. The predicted octanol–water partition coefficient (Wildman–Crippen LogP) is 8.73. The molecule has 1 aromatic carbocycles. The van der Waals surface area contributed by atoms with Gasteiger partial charge in [-0.1, -0.05) is 114 Å². The van der Waals surface area contributed by atoms with Crippen LogP contribution in [-0.4, -0.2) is 24.9 Å². The highest BCUT2D eigenvalue weighted by Gasteiger charge is 2.55. The highest BCUT2D eigenvalue weighted by atomic mass is 19.3. The average Bonchev–Trinajstić information content (AvgIpc) is 2.80. The summed E-state index contributed by atoms with van der Waals surface area (Å²) >= 11 is 0. The Morgan fingerprint density at radius 1 is 0.688 bits per heavy atom. The lowest BCUT2D eigenvalue weighted by atomic mass is 9.93. The minimum atomic E-state index is -3.24. The maximum atomic E-state index is 15.4. The van der Waals surface area contributed by atoms with E-state index in [0.29, 0.717) is 5.57 Å². The summed E-state index contributed by atoms with van der Waals surface area (Å²) in [5.41, 5.74) is 1.27. The minimum Gasteiger partial charge on any atom is -0.341 e. The molecule has 0 fully saturated rings. The Hall–Kier alpha value is -1.52. The lowest BCUT2D eigenvalue weighted by Gasteiger charge is -2.38. The first kappa shape index (κ1) is 26.7. The summed E-state index contributed by atoms with van der Waals surface area (Å²) in [7, 11) is 0. The summed E-state index contributed by atoms with van der Waals surface area (Å²) in [6.45, 7) is 4.92. The second-order valence-corrected chi connectivity index (χ2v) is 8.82. The summed E-state index contributed by atoms with van der Waals surface area (Å²) in [6.07, 6.45) is 17.1. The van der Waals surface area contributed by atoms with Crippen LogP contribution in [0.4, 0.5) is 8.78 Å². The van der Waals surface area contributed by atoms with E-state index >= 15 is 8.78 Å². The summed E-state index contributed by atoms with van der Waals surface area (Å²) in [6, 6.07) is 9.27. The van der Waals surface area contributed by atoms with Crippen LogP contribution in [-0.2, 0) is 9.47 Å². The molecule has 0 saturated carbocycles. The van der Waals surface area contributed by atoms with Crippen LogP contribution in [0.2, 0.25) is 0 Å². The molecule has 32 heavy (non-hydrogen) atoms. The molecular formula is C28H42F2O2. The van der Waals surface area contributed by atoms with Crippen LogP contribution in [0.3, 0.4) is 0 Å². The van der Waals surface area contributed by atoms with Crippen molar-refractivity contribution in [2.24, 2.45) is 0 Å². The van der Waals surface area contributed by atoms with E-state index in [1.807, 2.05) is 30.3 Å². The van der Waals surface area contributed by atoms with Crippen LogP contribution < -0.4 is 0 Å². The van der Waals surface area contributed by atoms with Gasteiger partial charge in [0.05, 0.1) is 13.2 Å². The first-order valence-electron chi connectivity index (χ1n) is 12.7. The van der Waals surface area contributed by atoms with Crippen LogP contribution >= 0.6 is 0 Å². The molecular weight excluding hydrogens is 406 g/mol. The second kappa shape index (κ2) is 14.6. The van der Waals surface area contributed by atoms with Crippen molar-refractivity contribution >= 4 is 5.57 Å². The van der Waals surface area contributed by atoms with E-state index in [1.54, 1.807) is 6.08 Å². The summed E-state index contributed by atoms with van der Waals surface area (Å²) in [4.78, 5) is 0. The Kier molecular flexibility index (Phi) is 12.2. The standard InChI is InChI=1S/C28H42F2O2/c1-3-5-7-9-11-16-22-31-28(32-23-17-12-10-8-6-4-2)21-20-26(24-27(28,29)30)25-18-14-13-15-19-25/h13-15,18-21,24H,3-12,16-17,22-23H2,1-2H3. The molecule has 0 aromatic heterocycles. The van der Waals surface area contributed by atoms with Gasteiger partial charge in [-0.2, -0.15) is 8.78 Å². The number of alkyl halides is 2. The molecule has 0 saturated heterocycles. The van der Waals surface area contributed by atoms with Crippen molar-refractivity contribution in [1.29, 1.82) is 0 Å². The van der Waals surface area contributed by atoms with Gasteiger partial charge in [-0.3, -0.25) is 0 Å². The fourth-order valence-corrected chi connectivity index (χ4v) is 4.01. The van der Waals surface area contributed by atoms with Crippen LogP contribution in [0.15, 0.2) is 48.6 Å². The third-order valence-electron chi connectivity index (χ3n) is 6.02. The molecule has 0 N–H and O–H groups in total. The molecule has 0 spiro atoms. The SMILES string of the molecule is CCCCCCCCOC1(OCCCCCCCC)C=CC(c2ccccc2)=CC1(F)F. The van der Waals surface area contributed by atoms with Crippen molar-refractivity contribution in [3.63, 3.8) is 0 Å². The van der Waals surface area contributed by atoms with Gasteiger partial charge in [-0.25, -0.2) is 0 Å². The van der Waals surface area contributed by atoms with Gasteiger partial charge in [0.15, 0.2) is 0 Å². The van der Waals surface area contributed by atoms with Crippen molar-refractivity contribution in [2.75, 3.05) is 13.2 Å². The molecule has 0 bridgehead atoms. The molecule has 0 radical (unpaired) electrons. The maximum absolute atomic E-state index is 15.4. The molecule has 2 rings (SSSR count). The van der Waals surface area contributed by atoms with Crippen LogP contribution in [0, 0.1) is 0 Å². The zero-order chi connectivity index (χ0) is 23.1. The third-order valence-corrected chi connectivity index (χ3v) is 6.02. The van der Waals surface area contributed by atoms with Crippen molar-refractivity contribution in [2.45, 2.75) is 103 Å². The minimum absolute atomic E-state index is 0.275. The van der Waals surface area contributed by atoms with E-state index in [0.717, 1.165) is 50.2 Å². The van der Waals surface area contributed by atoms with E-state index in [9.17, 15) is 0 Å². The van der Waals surface area contributed by atoms with Gasteiger partial charge in [-0.05, 0) is 36.1 Å². The highest BCUT2D eigenvalue weighted by molar-refractivity contribution is 5.76. The second-order valence-electron chi connectivity index (χ2n) is 8.82.